The summed E-state index contributed by atoms with van der Waals surface area (Å²) in [4.78, 5) is 14.0. The molecule has 0 aliphatic heterocycles. The third kappa shape index (κ3) is 7.44. The Morgan fingerprint density at radius 3 is 2.39 bits per heavy atom. The Bertz CT molecular complexity index is 1250. The molecule has 0 aliphatic carbocycles. The number of benzene rings is 3. The van der Waals surface area contributed by atoms with Gasteiger partial charge in [-0.25, -0.2) is 8.42 Å². The summed E-state index contributed by atoms with van der Waals surface area (Å²) in [5, 5.41) is 2.87. The van der Waals surface area contributed by atoms with Crippen molar-refractivity contribution in [3.05, 3.63) is 83.9 Å². The van der Waals surface area contributed by atoms with Crippen molar-refractivity contribution in [3.8, 4) is 5.75 Å². The average molecular weight is 545 g/mol. The van der Waals surface area contributed by atoms with Crippen molar-refractivity contribution < 1.29 is 17.9 Å². The molecule has 192 valence electrons. The van der Waals surface area contributed by atoms with Crippen molar-refractivity contribution in [2.24, 2.45) is 0 Å². The molecule has 0 fully saturated rings. The second kappa shape index (κ2) is 13.6. The smallest absolute Gasteiger partial charge is 0.264 e. The van der Waals surface area contributed by atoms with Crippen molar-refractivity contribution in [3.63, 3.8) is 0 Å². The zero-order valence-corrected chi connectivity index (χ0v) is 23.2. The summed E-state index contributed by atoms with van der Waals surface area (Å²) in [7, 11) is -4.01. The molecule has 9 heteroatoms. The van der Waals surface area contributed by atoms with E-state index in [4.69, 9.17) is 4.74 Å². The maximum Gasteiger partial charge on any atom is 0.264 e. The molecule has 0 atom stereocenters. The molecule has 0 aliphatic rings. The van der Waals surface area contributed by atoms with Gasteiger partial charge in [-0.3, -0.25) is 9.10 Å². The molecule has 0 saturated carbocycles. The molecule has 0 bridgehead atoms. The summed E-state index contributed by atoms with van der Waals surface area (Å²) in [6.45, 7) is 4.38. The summed E-state index contributed by atoms with van der Waals surface area (Å²) in [5.74, 6) is 1.61. The van der Waals surface area contributed by atoms with Gasteiger partial charge in [0.2, 0.25) is 5.91 Å². The zero-order valence-electron chi connectivity index (χ0n) is 20.8. The maximum absolute atomic E-state index is 13.7. The van der Waals surface area contributed by atoms with Crippen LogP contribution < -0.4 is 14.4 Å². The molecule has 0 radical (unpaired) electrons. The minimum Gasteiger partial charge on any atom is -0.492 e. The van der Waals surface area contributed by atoms with E-state index in [-0.39, 0.29) is 17.3 Å². The monoisotopic (exact) mass is 544 g/mol. The first kappa shape index (κ1) is 28.0. The van der Waals surface area contributed by atoms with Crippen molar-refractivity contribution in [2.45, 2.75) is 29.4 Å². The van der Waals surface area contributed by atoms with Gasteiger partial charge in [0.15, 0.2) is 0 Å². The molecule has 3 aromatic carbocycles. The third-order valence-electron chi connectivity index (χ3n) is 5.46. The number of nitrogens with zero attached hydrogens (tertiary/aromatic N) is 1. The first-order valence-corrected chi connectivity index (χ1v) is 15.5. The van der Waals surface area contributed by atoms with Crippen LogP contribution in [0.1, 0.15) is 18.1 Å². The number of ether oxygens (including phenoxy) is 1. The molecule has 0 aromatic heterocycles. The molecular formula is C27H32N2O4S3. The van der Waals surface area contributed by atoms with E-state index in [9.17, 15) is 13.2 Å². The van der Waals surface area contributed by atoms with Crippen molar-refractivity contribution >= 4 is 45.1 Å². The van der Waals surface area contributed by atoms with Crippen LogP contribution in [0.15, 0.2) is 82.6 Å². The Morgan fingerprint density at radius 2 is 1.69 bits per heavy atom. The molecule has 6 nitrogen and oxygen atoms in total. The second-order valence-corrected chi connectivity index (χ2v) is 11.8. The highest BCUT2D eigenvalue weighted by Gasteiger charge is 2.29. The Hall–Kier alpha value is -2.62. The topological polar surface area (TPSA) is 75.7 Å². The Morgan fingerprint density at radius 1 is 1.00 bits per heavy atom. The van der Waals surface area contributed by atoms with Crippen LogP contribution in [-0.2, 0) is 20.6 Å². The molecule has 3 rings (SSSR count). The van der Waals surface area contributed by atoms with Crippen molar-refractivity contribution in [1.82, 2.24) is 5.32 Å². The van der Waals surface area contributed by atoms with Gasteiger partial charge in [-0.05, 0) is 67.6 Å². The van der Waals surface area contributed by atoms with Crippen LogP contribution in [0.3, 0.4) is 0 Å². The number of sulfonamides is 1. The van der Waals surface area contributed by atoms with Crippen LogP contribution in [0.4, 0.5) is 5.69 Å². The quantitative estimate of drug-likeness (QED) is 0.231. The summed E-state index contributed by atoms with van der Waals surface area (Å²) < 4.78 is 34.2. The second-order valence-electron chi connectivity index (χ2n) is 7.92. The number of nitrogens with one attached hydrogen (secondary N) is 1. The Labute approximate surface area is 222 Å². The molecule has 3 aromatic rings. The lowest BCUT2D eigenvalue weighted by atomic mass is 10.1. The number of hydrogen-bond acceptors (Lipinski definition) is 6. The van der Waals surface area contributed by atoms with Gasteiger partial charge in [0.1, 0.15) is 12.3 Å². The van der Waals surface area contributed by atoms with E-state index >= 15 is 0 Å². The van der Waals surface area contributed by atoms with Gasteiger partial charge in [0.05, 0.1) is 17.2 Å². The molecule has 0 saturated heterocycles. The number of hydrogen-bond donors (Lipinski definition) is 1. The molecule has 36 heavy (non-hydrogen) atoms. The largest absolute Gasteiger partial charge is 0.492 e. The van der Waals surface area contributed by atoms with Gasteiger partial charge in [-0.15, -0.1) is 11.8 Å². The highest BCUT2D eigenvalue weighted by atomic mass is 32.2. The summed E-state index contributed by atoms with van der Waals surface area (Å²) in [6.07, 6.45) is 1.93. The normalized spacial score (nSPS) is 11.2. The van der Waals surface area contributed by atoms with Crippen LogP contribution in [0.25, 0.3) is 0 Å². The van der Waals surface area contributed by atoms with Crippen LogP contribution in [-0.4, -0.2) is 46.0 Å². The predicted molar refractivity (Wildman–Crippen MR) is 151 cm³/mol. The van der Waals surface area contributed by atoms with Gasteiger partial charge >= 0.3 is 0 Å². The summed E-state index contributed by atoms with van der Waals surface area (Å²) in [6, 6.07) is 21.8. The van der Waals surface area contributed by atoms with Crippen LogP contribution in [0, 0.1) is 6.92 Å². The minimum atomic E-state index is -4.01. The van der Waals surface area contributed by atoms with Crippen molar-refractivity contribution in [2.75, 3.05) is 36.0 Å². The number of amides is 1. The molecule has 1 N–H and O–H groups in total. The number of carbonyl (C=O) groups excluding carboxylic acids is 1. The van der Waals surface area contributed by atoms with E-state index in [1.54, 1.807) is 60.3 Å². The predicted octanol–water partition coefficient (Wildman–Crippen LogP) is 5.36. The summed E-state index contributed by atoms with van der Waals surface area (Å²) >= 11 is 3.25. The third-order valence-corrected chi connectivity index (χ3v) is 8.98. The Balaban J connectivity index is 1.73. The molecule has 0 heterocycles. The molecule has 1 amide bonds. The number of aryl methyl sites for hydroxylation is 1. The standard InChI is InChI=1S/C27H32N2O4S3/c1-4-33-26-12-8-7-11-25(26)29(36(31,32)24-15-13-23(34-3)14-16-24)19-27(30)28-17-18-35-20-22-10-6-5-9-21(22)2/h5-16H,4,17-20H2,1-3H3,(H,28,30). The van der Waals surface area contributed by atoms with Crippen LogP contribution in [0.2, 0.25) is 0 Å². The fourth-order valence-corrected chi connectivity index (χ4v) is 6.29. The first-order valence-electron chi connectivity index (χ1n) is 11.6. The lowest BCUT2D eigenvalue weighted by molar-refractivity contribution is -0.119. The van der Waals surface area contributed by atoms with Gasteiger partial charge in [-0.2, -0.15) is 11.8 Å². The van der Waals surface area contributed by atoms with Gasteiger partial charge in [-0.1, -0.05) is 36.4 Å². The fourth-order valence-electron chi connectivity index (χ4n) is 3.52. The maximum atomic E-state index is 13.7. The zero-order chi connectivity index (χ0) is 26.0. The lowest BCUT2D eigenvalue weighted by Gasteiger charge is -2.26. The highest BCUT2D eigenvalue weighted by Crippen LogP contribution is 2.33. The number of thioether (sulfide) groups is 2. The van der Waals surface area contributed by atoms with Crippen LogP contribution >= 0.6 is 23.5 Å². The van der Waals surface area contributed by atoms with E-state index in [2.05, 4.69) is 24.4 Å². The number of para-hydroxylation sites is 2. The average Bonchev–Trinajstić information content (AvgIpc) is 2.88. The van der Waals surface area contributed by atoms with Gasteiger partial charge < -0.3 is 10.1 Å². The van der Waals surface area contributed by atoms with E-state index in [1.165, 1.54) is 22.9 Å². The van der Waals surface area contributed by atoms with E-state index in [0.29, 0.717) is 24.6 Å². The van der Waals surface area contributed by atoms with Crippen molar-refractivity contribution in [1.29, 1.82) is 0 Å². The first-order chi connectivity index (χ1) is 17.4. The summed E-state index contributed by atoms with van der Waals surface area (Å²) in [5.41, 5.74) is 2.84. The van der Waals surface area contributed by atoms with E-state index in [0.717, 1.165) is 20.7 Å². The molecular weight excluding hydrogens is 513 g/mol. The van der Waals surface area contributed by atoms with E-state index < -0.39 is 10.0 Å². The number of carbonyl (C=O) groups is 1. The lowest BCUT2D eigenvalue weighted by Crippen LogP contribution is -2.41. The fraction of sp³-hybridized carbons (Fsp3) is 0.296. The van der Waals surface area contributed by atoms with Gasteiger partial charge in [0.25, 0.3) is 10.0 Å². The molecule has 0 spiro atoms. The molecule has 0 unspecified atom stereocenters. The highest BCUT2D eigenvalue weighted by molar-refractivity contribution is 7.98. The Kier molecular flexibility index (Phi) is 10.6. The SMILES string of the molecule is CCOc1ccccc1N(CC(=O)NCCSCc1ccccc1C)S(=O)(=O)c1ccc(SC)cc1. The van der Waals surface area contributed by atoms with Gasteiger partial charge in [0, 0.05) is 22.9 Å². The number of anilines is 1. The van der Waals surface area contributed by atoms with E-state index in [1.807, 2.05) is 25.3 Å². The van der Waals surface area contributed by atoms with Crippen LogP contribution in [0.5, 0.6) is 5.75 Å². The number of rotatable bonds is 13. The minimum absolute atomic E-state index is 0.119.